The maximum absolute atomic E-state index is 13.5. The second-order valence-electron chi connectivity index (χ2n) is 8.44. The molecule has 3 aromatic carbocycles. The van der Waals surface area contributed by atoms with Crippen molar-refractivity contribution in [2.75, 3.05) is 19.6 Å². The SMILES string of the molecule is Fc1ccc(CCN2CCC(c3c(-c4ccccc4)[nH]c4ccccc34)CC2)cc1F. The van der Waals surface area contributed by atoms with Gasteiger partial charge < -0.3 is 9.88 Å². The number of piperidine rings is 1. The van der Waals surface area contributed by atoms with Crippen LogP contribution in [0.3, 0.4) is 0 Å². The summed E-state index contributed by atoms with van der Waals surface area (Å²) in [4.78, 5) is 6.11. The van der Waals surface area contributed by atoms with Gasteiger partial charge in [-0.2, -0.15) is 0 Å². The van der Waals surface area contributed by atoms with Crippen LogP contribution in [0.4, 0.5) is 8.78 Å². The number of nitrogens with zero attached hydrogens (tertiary/aromatic N) is 1. The Bertz CT molecular complexity index is 1170. The summed E-state index contributed by atoms with van der Waals surface area (Å²) in [5, 5.41) is 1.32. The summed E-state index contributed by atoms with van der Waals surface area (Å²) in [6.07, 6.45) is 2.93. The van der Waals surface area contributed by atoms with Gasteiger partial charge in [0.2, 0.25) is 0 Å². The molecule has 4 heteroatoms. The molecule has 31 heavy (non-hydrogen) atoms. The summed E-state index contributed by atoms with van der Waals surface area (Å²) >= 11 is 0. The van der Waals surface area contributed by atoms with Gasteiger partial charge in [0, 0.05) is 23.1 Å². The zero-order valence-corrected chi connectivity index (χ0v) is 17.5. The molecule has 158 valence electrons. The predicted octanol–water partition coefficient (Wildman–Crippen LogP) is 6.54. The molecule has 0 amide bonds. The molecule has 2 heterocycles. The van der Waals surface area contributed by atoms with Crippen molar-refractivity contribution < 1.29 is 8.78 Å². The monoisotopic (exact) mass is 416 g/mol. The Morgan fingerprint density at radius 3 is 2.35 bits per heavy atom. The van der Waals surface area contributed by atoms with Gasteiger partial charge in [0.05, 0.1) is 0 Å². The Balaban J connectivity index is 1.32. The molecule has 0 bridgehead atoms. The number of hydrogen-bond acceptors (Lipinski definition) is 1. The zero-order valence-electron chi connectivity index (χ0n) is 17.5. The summed E-state index contributed by atoms with van der Waals surface area (Å²) in [7, 11) is 0. The van der Waals surface area contributed by atoms with Gasteiger partial charge in [-0.1, -0.05) is 54.6 Å². The van der Waals surface area contributed by atoms with Crippen LogP contribution in [-0.2, 0) is 6.42 Å². The fraction of sp³-hybridized carbons (Fsp3) is 0.259. The molecule has 0 atom stereocenters. The summed E-state index contributed by atoms with van der Waals surface area (Å²) in [6, 6.07) is 23.4. The summed E-state index contributed by atoms with van der Waals surface area (Å²) in [6.45, 7) is 2.90. The van der Waals surface area contributed by atoms with Crippen LogP contribution in [0, 0.1) is 11.6 Å². The lowest BCUT2D eigenvalue weighted by atomic mass is 9.86. The molecule has 5 rings (SSSR count). The van der Waals surface area contributed by atoms with Crippen molar-refractivity contribution in [1.82, 2.24) is 9.88 Å². The van der Waals surface area contributed by atoms with Crippen molar-refractivity contribution in [2.24, 2.45) is 0 Å². The molecule has 2 nitrogen and oxygen atoms in total. The minimum Gasteiger partial charge on any atom is -0.354 e. The van der Waals surface area contributed by atoms with Gasteiger partial charge in [-0.15, -0.1) is 0 Å². The second kappa shape index (κ2) is 8.64. The van der Waals surface area contributed by atoms with Gasteiger partial charge in [-0.3, -0.25) is 0 Å². The average molecular weight is 417 g/mol. The third-order valence-corrected chi connectivity index (χ3v) is 6.51. The molecule has 1 fully saturated rings. The van der Waals surface area contributed by atoms with E-state index in [0.29, 0.717) is 5.92 Å². The van der Waals surface area contributed by atoms with Crippen LogP contribution in [0.5, 0.6) is 0 Å². The first-order chi connectivity index (χ1) is 15.2. The number of halogens is 2. The summed E-state index contributed by atoms with van der Waals surface area (Å²) in [5.41, 5.74) is 5.94. The van der Waals surface area contributed by atoms with E-state index >= 15 is 0 Å². The van der Waals surface area contributed by atoms with Crippen molar-refractivity contribution in [3.63, 3.8) is 0 Å². The van der Waals surface area contributed by atoms with Crippen LogP contribution in [0.2, 0.25) is 0 Å². The van der Waals surface area contributed by atoms with E-state index in [4.69, 9.17) is 0 Å². The number of fused-ring (bicyclic) bond motifs is 1. The third kappa shape index (κ3) is 4.13. The van der Waals surface area contributed by atoms with Crippen molar-refractivity contribution in [3.05, 3.63) is 95.6 Å². The van der Waals surface area contributed by atoms with Gasteiger partial charge >= 0.3 is 0 Å². The van der Waals surface area contributed by atoms with Crippen LogP contribution in [0.1, 0.15) is 29.9 Å². The lowest BCUT2D eigenvalue weighted by Crippen LogP contribution is -2.34. The average Bonchev–Trinajstić information content (AvgIpc) is 3.20. The Morgan fingerprint density at radius 2 is 1.58 bits per heavy atom. The quantitative estimate of drug-likeness (QED) is 0.392. The van der Waals surface area contributed by atoms with Crippen LogP contribution in [0.15, 0.2) is 72.8 Å². The number of para-hydroxylation sites is 1. The maximum Gasteiger partial charge on any atom is 0.159 e. The maximum atomic E-state index is 13.5. The highest BCUT2D eigenvalue weighted by molar-refractivity contribution is 5.91. The van der Waals surface area contributed by atoms with E-state index in [0.717, 1.165) is 44.5 Å². The Kier molecular flexibility index (Phi) is 5.56. The number of rotatable bonds is 5. The number of likely N-dealkylation sites (tertiary alicyclic amines) is 1. The highest BCUT2D eigenvalue weighted by Crippen LogP contribution is 2.40. The molecule has 4 aromatic rings. The minimum atomic E-state index is -0.780. The van der Waals surface area contributed by atoms with Crippen molar-refractivity contribution >= 4 is 10.9 Å². The zero-order chi connectivity index (χ0) is 21.2. The summed E-state index contributed by atoms with van der Waals surface area (Å²) in [5.74, 6) is -1.03. The van der Waals surface area contributed by atoms with E-state index in [1.165, 1.54) is 39.9 Å². The smallest absolute Gasteiger partial charge is 0.159 e. The van der Waals surface area contributed by atoms with Gasteiger partial charge in [-0.05, 0) is 73.2 Å². The first-order valence-electron chi connectivity index (χ1n) is 11.0. The van der Waals surface area contributed by atoms with Crippen LogP contribution < -0.4 is 0 Å². The van der Waals surface area contributed by atoms with E-state index in [9.17, 15) is 8.78 Å². The number of H-pyrrole nitrogens is 1. The molecular weight excluding hydrogens is 390 g/mol. The van der Waals surface area contributed by atoms with Crippen LogP contribution in [-0.4, -0.2) is 29.5 Å². The minimum absolute atomic E-state index is 0.505. The van der Waals surface area contributed by atoms with Gasteiger partial charge in [-0.25, -0.2) is 8.78 Å². The number of nitrogens with one attached hydrogen (secondary N) is 1. The molecule has 0 spiro atoms. The van der Waals surface area contributed by atoms with E-state index in [1.807, 2.05) is 0 Å². The Morgan fingerprint density at radius 1 is 0.839 bits per heavy atom. The molecule has 1 saturated heterocycles. The van der Waals surface area contributed by atoms with Crippen LogP contribution in [0.25, 0.3) is 22.2 Å². The highest BCUT2D eigenvalue weighted by Gasteiger charge is 2.26. The lowest BCUT2D eigenvalue weighted by molar-refractivity contribution is 0.215. The van der Waals surface area contributed by atoms with E-state index in [1.54, 1.807) is 6.07 Å². The number of hydrogen-bond donors (Lipinski definition) is 1. The normalized spacial score (nSPS) is 15.5. The molecule has 0 radical (unpaired) electrons. The largest absolute Gasteiger partial charge is 0.354 e. The van der Waals surface area contributed by atoms with Crippen LogP contribution >= 0.6 is 0 Å². The van der Waals surface area contributed by atoms with Gasteiger partial charge in [0.1, 0.15) is 0 Å². The Labute approximate surface area is 181 Å². The molecule has 1 aromatic heterocycles. The summed E-state index contributed by atoms with van der Waals surface area (Å²) < 4.78 is 26.6. The fourth-order valence-electron chi connectivity index (χ4n) is 4.85. The molecule has 1 N–H and O–H groups in total. The fourth-order valence-corrected chi connectivity index (χ4v) is 4.85. The standard InChI is InChI=1S/C27H26F2N2/c28-23-11-10-19(18-24(23)29)12-15-31-16-13-20(14-17-31)26-22-8-4-5-9-25(22)30-27(26)21-6-2-1-3-7-21/h1-11,18,20,30H,12-17H2. The molecule has 1 aliphatic heterocycles. The van der Waals surface area contributed by atoms with Crippen molar-refractivity contribution in [2.45, 2.75) is 25.2 Å². The molecule has 0 saturated carbocycles. The third-order valence-electron chi connectivity index (χ3n) is 6.51. The predicted molar refractivity (Wildman–Crippen MR) is 122 cm³/mol. The van der Waals surface area contributed by atoms with Gasteiger partial charge in [0.15, 0.2) is 11.6 Å². The van der Waals surface area contributed by atoms with Gasteiger partial charge in [0.25, 0.3) is 0 Å². The second-order valence-corrected chi connectivity index (χ2v) is 8.44. The lowest BCUT2D eigenvalue weighted by Gasteiger charge is -2.32. The number of aromatic nitrogens is 1. The molecule has 0 unspecified atom stereocenters. The topological polar surface area (TPSA) is 19.0 Å². The number of benzene rings is 3. The van der Waals surface area contributed by atoms with E-state index in [-0.39, 0.29) is 0 Å². The first-order valence-corrected chi connectivity index (χ1v) is 11.0. The van der Waals surface area contributed by atoms with E-state index < -0.39 is 11.6 Å². The molecular formula is C27H26F2N2. The highest BCUT2D eigenvalue weighted by atomic mass is 19.2. The number of aromatic amines is 1. The van der Waals surface area contributed by atoms with Crippen molar-refractivity contribution in [3.8, 4) is 11.3 Å². The molecule has 1 aliphatic rings. The van der Waals surface area contributed by atoms with Crippen molar-refractivity contribution in [1.29, 1.82) is 0 Å². The first kappa shape index (κ1) is 20.0. The van der Waals surface area contributed by atoms with E-state index in [2.05, 4.69) is 64.5 Å². The molecule has 0 aliphatic carbocycles. The Hall–Kier alpha value is -2.98.